The zero-order valence-electron chi connectivity index (χ0n) is 10.8. The molecule has 0 amide bonds. The summed E-state index contributed by atoms with van der Waals surface area (Å²) in [5, 5.41) is 3.34. The highest BCUT2D eigenvalue weighted by Gasteiger charge is 2.07. The molecule has 1 fully saturated rings. The minimum atomic E-state index is 0. The van der Waals surface area contributed by atoms with E-state index in [0.29, 0.717) is 0 Å². The molecule has 0 spiro atoms. The van der Waals surface area contributed by atoms with Gasteiger partial charge in [-0.15, -0.1) is 17.0 Å². The fraction of sp³-hybridized carbons (Fsp3) is 0.692. The van der Waals surface area contributed by atoms with E-state index in [0.717, 1.165) is 19.8 Å². The normalized spacial score (nSPS) is 17.1. The Bertz CT molecular complexity index is 236. The third kappa shape index (κ3) is 7.20. The Kier molecular flexibility index (Phi) is 8.90. The van der Waals surface area contributed by atoms with Crippen molar-refractivity contribution in [2.75, 3.05) is 26.3 Å². The number of halogens is 1. The first-order chi connectivity index (χ1) is 7.18. The van der Waals surface area contributed by atoms with Gasteiger partial charge in [0, 0.05) is 26.3 Å². The summed E-state index contributed by atoms with van der Waals surface area (Å²) in [7, 11) is 0. The second-order valence-electron chi connectivity index (χ2n) is 4.61. The lowest BCUT2D eigenvalue weighted by Crippen LogP contribution is -2.22. The Balaban J connectivity index is 0.00000225. The molecule has 16 heavy (non-hydrogen) atoms. The molecule has 94 valence electrons. The molecule has 1 heterocycles. The molecule has 0 aromatic rings. The maximum atomic E-state index is 3.34. The Hall–Kier alpha value is -0.120. The van der Waals surface area contributed by atoms with Gasteiger partial charge < -0.3 is 5.32 Å². The fourth-order valence-corrected chi connectivity index (χ4v) is 1.68. The first-order valence-corrected chi connectivity index (χ1v) is 5.90. The molecule has 0 aliphatic carbocycles. The maximum absolute atomic E-state index is 3.34. The van der Waals surface area contributed by atoms with E-state index in [1.807, 2.05) is 0 Å². The van der Waals surface area contributed by atoms with E-state index in [1.165, 1.54) is 30.5 Å². The number of nitrogens with one attached hydrogen (secondary N) is 1. The molecular formula is C13H25BrN2. The molecule has 1 aliphatic heterocycles. The van der Waals surface area contributed by atoms with Gasteiger partial charge in [-0.2, -0.15) is 0 Å². The number of nitrogens with zero attached hydrogens (tertiary/aromatic N) is 1. The highest BCUT2D eigenvalue weighted by Crippen LogP contribution is 2.07. The van der Waals surface area contributed by atoms with E-state index in [1.54, 1.807) is 0 Å². The largest absolute Gasteiger partial charge is 0.303 e. The average molecular weight is 289 g/mol. The second kappa shape index (κ2) is 8.97. The zero-order valence-corrected chi connectivity index (χ0v) is 12.5. The standard InChI is InChI=1S/C13H24N2.BrH/c1-12(2)5-4-6-13(3)7-9-15-10-8-14-11-15;/h5,7,14H,4,6,8-11H2,1-3H3;1H/b13-7+;. The lowest BCUT2D eigenvalue weighted by molar-refractivity contribution is 0.371. The van der Waals surface area contributed by atoms with Crippen molar-refractivity contribution in [3.05, 3.63) is 23.3 Å². The van der Waals surface area contributed by atoms with Crippen LogP contribution in [0.25, 0.3) is 0 Å². The van der Waals surface area contributed by atoms with Crippen LogP contribution in [0.15, 0.2) is 23.3 Å². The number of hydrogen-bond acceptors (Lipinski definition) is 2. The van der Waals surface area contributed by atoms with Crippen LogP contribution in [0.3, 0.4) is 0 Å². The summed E-state index contributed by atoms with van der Waals surface area (Å²) in [6.45, 7) is 11.1. The smallest absolute Gasteiger partial charge is 0.0484 e. The monoisotopic (exact) mass is 288 g/mol. The first kappa shape index (κ1) is 15.9. The fourth-order valence-electron chi connectivity index (χ4n) is 1.68. The van der Waals surface area contributed by atoms with Crippen LogP contribution in [0.1, 0.15) is 33.6 Å². The Morgan fingerprint density at radius 1 is 1.25 bits per heavy atom. The van der Waals surface area contributed by atoms with E-state index in [-0.39, 0.29) is 17.0 Å². The number of rotatable bonds is 5. The van der Waals surface area contributed by atoms with E-state index in [4.69, 9.17) is 0 Å². The van der Waals surface area contributed by atoms with Crippen LogP contribution in [0.2, 0.25) is 0 Å². The summed E-state index contributed by atoms with van der Waals surface area (Å²) in [4.78, 5) is 2.43. The number of allylic oxidation sites excluding steroid dienone is 3. The van der Waals surface area contributed by atoms with Crippen molar-refractivity contribution in [1.82, 2.24) is 10.2 Å². The van der Waals surface area contributed by atoms with E-state index < -0.39 is 0 Å². The van der Waals surface area contributed by atoms with Crippen LogP contribution in [0, 0.1) is 0 Å². The lowest BCUT2D eigenvalue weighted by Gasteiger charge is -2.10. The highest BCUT2D eigenvalue weighted by atomic mass is 79.9. The summed E-state index contributed by atoms with van der Waals surface area (Å²) in [6, 6.07) is 0. The Morgan fingerprint density at radius 2 is 2.00 bits per heavy atom. The van der Waals surface area contributed by atoms with E-state index in [2.05, 4.69) is 43.1 Å². The SMILES string of the molecule is Br.CC(C)=CCC/C(C)=C/CN1CCNC1. The molecule has 0 radical (unpaired) electrons. The maximum Gasteiger partial charge on any atom is 0.0484 e. The summed E-state index contributed by atoms with van der Waals surface area (Å²) in [5.41, 5.74) is 2.94. The van der Waals surface area contributed by atoms with Gasteiger partial charge in [-0.05, 0) is 33.6 Å². The summed E-state index contributed by atoms with van der Waals surface area (Å²) in [6.07, 6.45) is 7.07. The third-order valence-corrected chi connectivity index (χ3v) is 2.73. The van der Waals surface area contributed by atoms with Crippen LogP contribution in [-0.2, 0) is 0 Å². The van der Waals surface area contributed by atoms with Crippen molar-refractivity contribution in [3.63, 3.8) is 0 Å². The van der Waals surface area contributed by atoms with Gasteiger partial charge in [0.15, 0.2) is 0 Å². The van der Waals surface area contributed by atoms with Crippen molar-refractivity contribution in [2.24, 2.45) is 0 Å². The van der Waals surface area contributed by atoms with Crippen LogP contribution >= 0.6 is 17.0 Å². The summed E-state index contributed by atoms with van der Waals surface area (Å²) in [5.74, 6) is 0. The topological polar surface area (TPSA) is 15.3 Å². The van der Waals surface area contributed by atoms with Crippen molar-refractivity contribution >= 4 is 17.0 Å². The molecule has 0 aromatic carbocycles. The summed E-state index contributed by atoms with van der Waals surface area (Å²) >= 11 is 0. The predicted molar refractivity (Wildman–Crippen MR) is 77.2 cm³/mol. The second-order valence-corrected chi connectivity index (χ2v) is 4.61. The molecule has 2 nitrogen and oxygen atoms in total. The number of hydrogen-bond donors (Lipinski definition) is 1. The molecule has 1 aliphatic rings. The summed E-state index contributed by atoms with van der Waals surface area (Å²) < 4.78 is 0. The lowest BCUT2D eigenvalue weighted by atomic mass is 10.1. The Morgan fingerprint density at radius 3 is 2.56 bits per heavy atom. The third-order valence-electron chi connectivity index (χ3n) is 2.73. The average Bonchev–Trinajstić information content (AvgIpc) is 2.66. The van der Waals surface area contributed by atoms with Gasteiger partial charge in [0.1, 0.15) is 0 Å². The van der Waals surface area contributed by atoms with Crippen molar-refractivity contribution < 1.29 is 0 Å². The molecule has 3 heteroatoms. The molecule has 0 unspecified atom stereocenters. The van der Waals surface area contributed by atoms with Crippen molar-refractivity contribution in [1.29, 1.82) is 0 Å². The molecule has 1 N–H and O–H groups in total. The molecular weight excluding hydrogens is 264 g/mol. The highest BCUT2D eigenvalue weighted by molar-refractivity contribution is 8.93. The molecule has 0 bridgehead atoms. The van der Waals surface area contributed by atoms with Crippen molar-refractivity contribution in [2.45, 2.75) is 33.6 Å². The van der Waals surface area contributed by atoms with Crippen molar-refractivity contribution in [3.8, 4) is 0 Å². The van der Waals surface area contributed by atoms with E-state index >= 15 is 0 Å². The molecule has 1 saturated heterocycles. The zero-order chi connectivity index (χ0) is 11.1. The minimum Gasteiger partial charge on any atom is -0.303 e. The Labute approximate surface area is 111 Å². The molecule has 0 atom stereocenters. The van der Waals surface area contributed by atoms with Gasteiger partial charge in [-0.1, -0.05) is 23.3 Å². The van der Waals surface area contributed by atoms with Gasteiger partial charge in [0.2, 0.25) is 0 Å². The van der Waals surface area contributed by atoms with Crippen LogP contribution in [0.4, 0.5) is 0 Å². The molecule has 0 saturated carbocycles. The van der Waals surface area contributed by atoms with Gasteiger partial charge in [-0.3, -0.25) is 4.90 Å². The molecule has 0 aromatic heterocycles. The first-order valence-electron chi connectivity index (χ1n) is 5.90. The van der Waals surface area contributed by atoms with Crippen LogP contribution in [-0.4, -0.2) is 31.2 Å². The van der Waals surface area contributed by atoms with Gasteiger partial charge in [0.25, 0.3) is 0 Å². The van der Waals surface area contributed by atoms with Crippen LogP contribution in [0.5, 0.6) is 0 Å². The van der Waals surface area contributed by atoms with Gasteiger partial charge in [-0.25, -0.2) is 0 Å². The molecule has 1 rings (SSSR count). The van der Waals surface area contributed by atoms with Crippen LogP contribution < -0.4 is 5.32 Å². The van der Waals surface area contributed by atoms with Gasteiger partial charge >= 0.3 is 0 Å². The quantitative estimate of drug-likeness (QED) is 0.782. The van der Waals surface area contributed by atoms with E-state index in [9.17, 15) is 0 Å². The predicted octanol–water partition coefficient (Wildman–Crippen LogP) is 3.12. The van der Waals surface area contributed by atoms with Gasteiger partial charge in [0.05, 0.1) is 0 Å². The minimum absolute atomic E-state index is 0.